The average molecular weight is 326 g/mol. The third kappa shape index (κ3) is 3.55. The monoisotopic (exact) mass is 326 g/mol. The second kappa shape index (κ2) is 6.95. The molecular formula is C19H22N2OS. The van der Waals surface area contributed by atoms with Gasteiger partial charge in [0, 0.05) is 37.6 Å². The number of hydrogen-bond acceptors (Lipinski definition) is 3. The fourth-order valence-corrected chi connectivity index (χ4v) is 4.59. The molecule has 120 valence electrons. The summed E-state index contributed by atoms with van der Waals surface area (Å²) < 4.78 is 7.62. The maximum absolute atomic E-state index is 5.46. The third-order valence-electron chi connectivity index (χ3n) is 4.48. The molecule has 0 radical (unpaired) electrons. The lowest BCUT2D eigenvalue weighted by molar-refractivity contribution is 0.0334. The van der Waals surface area contributed by atoms with Crippen LogP contribution in [0.5, 0.6) is 0 Å². The highest BCUT2D eigenvalue weighted by Gasteiger charge is 2.25. The van der Waals surface area contributed by atoms with Gasteiger partial charge in [-0.25, -0.2) is 0 Å². The third-order valence-corrected chi connectivity index (χ3v) is 5.86. The highest BCUT2D eigenvalue weighted by atomic mass is 32.2. The summed E-state index contributed by atoms with van der Waals surface area (Å²) in [4.78, 5) is 4.07. The van der Waals surface area contributed by atoms with Gasteiger partial charge in [0.15, 0.2) is 0 Å². The van der Waals surface area contributed by atoms with Crippen molar-refractivity contribution in [2.24, 2.45) is 0 Å². The van der Waals surface area contributed by atoms with Gasteiger partial charge in [0.25, 0.3) is 0 Å². The average Bonchev–Trinajstić information content (AvgIpc) is 3.28. The maximum Gasteiger partial charge on any atom is 0.0638 e. The number of nitrogens with zero attached hydrogens (tertiary/aromatic N) is 2. The molecule has 4 heteroatoms. The molecule has 0 spiro atoms. The van der Waals surface area contributed by atoms with Crippen LogP contribution in [0.1, 0.15) is 12.0 Å². The molecule has 23 heavy (non-hydrogen) atoms. The first kappa shape index (κ1) is 15.1. The van der Waals surface area contributed by atoms with E-state index in [1.54, 1.807) is 0 Å². The van der Waals surface area contributed by atoms with Gasteiger partial charge < -0.3 is 9.30 Å². The summed E-state index contributed by atoms with van der Waals surface area (Å²) in [5, 5.41) is 0.613. The van der Waals surface area contributed by atoms with Gasteiger partial charge in [0.05, 0.1) is 18.6 Å². The molecule has 1 aromatic heterocycles. The summed E-state index contributed by atoms with van der Waals surface area (Å²) in [6, 6.07) is 13.0. The molecule has 1 saturated heterocycles. The molecule has 1 atom stereocenters. The Morgan fingerprint density at radius 3 is 2.74 bits per heavy atom. The summed E-state index contributed by atoms with van der Waals surface area (Å²) in [7, 11) is 0. The Kier molecular flexibility index (Phi) is 4.55. The zero-order valence-electron chi connectivity index (χ0n) is 13.2. The van der Waals surface area contributed by atoms with E-state index < -0.39 is 0 Å². The number of allylic oxidation sites excluding steroid dienone is 1. The Hall–Kier alpha value is -1.49. The smallest absolute Gasteiger partial charge is 0.0638 e. The Labute approximate surface area is 141 Å². The van der Waals surface area contributed by atoms with Crippen LogP contribution in [-0.4, -0.2) is 41.1 Å². The van der Waals surface area contributed by atoms with E-state index in [0.29, 0.717) is 5.37 Å². The minimum Gasteiger partial charge on any atom is -0.379 e. The van der Waals surface area contributed by atoms with Crippen molar-refractivity contribution in [3.8, 4) is 5.69 Å². The minimum absolute atomic E-state index is 0.613. The molecule has 0 amide bonds. The van der Waals surface area contributed by atoms with Crippen molar-refractivity contribution in [2.75, 3.05) is 26.3 Å². The normalized spacial score (nSPS) is 22.3. The van der Waals surface area contributed by atoms with Gasteiger partial charge in [-0.15, -0.1) is 11.8 Å². The predicted molar refractivity (Wildman–Crippen MR) is 95.9 cm³/mol. The van der Waals surface area contributed by atoms with E-state index >= 15 is 0 Å². The standard InChI is InChI=1S/C19H22N2OS/c1-2-9-20(8-1)17-5-3-4-16(14-17)15-18-6-7-19(23-18)21-10-12-22-13-11-21/h1-6,8-9,14,19H,7,10-13,15H2. The van der Waals surface area contributed by atoms with E-state index in [-0.39, 0.29) is 0 Å². The largest absolute Gasteiger partial charge is 0.379 e. The van der Waals surface area contributed by atoms with Gasteiger partial charge in [0.2, 0.25) is 0 Å². The second-order valence-corrected chi connectivity index (χ2v) is 7.37. The molecule has 0 aliphatic carbocycles. The molecule has 3 heterocycles. The zero-order valence-corrected chi connectivity index (χ0v) is 14.0. The Morgan fingerprint density at radius 2 is 1.91 bits per heavy atom. The van der Waals surface area contributed by atoms with Gasteiger partial charge in [-0.2, -0.15) is 0 Å². The highest BCUT2D eigenvalue weighted by molar-refractivity contribution is 8.03. The molecule has 4 rings (SSSR count). The first-order valence-electron chi connectivity index (χ1n) is 8.28. The summed E-state index contributed by atoms with van der Waals surface area (Å²) in [5.41, 5.74) is 2.62. The highest BCUT2D eigenvalue weighted by Crippen LogP contribution is 2.36. The van der Waals surface area contributed by atoms with Gasteiger partial charge in [-0.05, 0) is 41.2 Å². The summed E-state index contributed by atoms with van der Waals surface area (Å²) in [6.07, 6.45) is 8.82. The van der Waals surface area contributed by atoms with Crippen LogP contribution in [0.2, 0.25) is 0 Å². The van der Waals surface area contributed by atoms with Crippen LogP contribution < -0.4 is 0 Å². The van der Waals surface area contributed by atoms with Crippen LogP contribution in [0.15, 0.2) is 59.8 Å². The first-order valence-corrected chi connectivity index (χ1v) is 9.16. The topological polar surface area (TPSA) is 17.4 Å². The van der Waals surface area contributed by atoms with Crippen molar-refractivity contribution in [2.45, 2.75) is 18.2 Å². The lowest BCUT2D eigenvalue weighted by Gasteiger charge is -2.31. The van der Waals surface area contributed by atoms with Crippen molar-refractivity contribution < 1.29 is 4.74 Å². The predicted octanol–water partition coefficient (Wildman–Crippen LogP) is 3.70. The van der Waals surface area contributed by atoms with Crippen molar-refractivity contribution in [1.29, 1.82) is 0 Å². The zero-order chi connectivity index (χ0) is 15.5. The molecule has 1 aromatic carbocycles. The van der Waals surface area contributed by atoms with Crippen molar-refractivity contribution in [3.05, 3.63) is 65.3 Å². The molecule has 1 fully saturated rings. The fourth-order valence-electron chi connectivity index (χ4n) is 3.24. The summed E-state index contributed by atoms with van der Waals surface area (Å²) in [5.74, 6) is 0. The molecule has 0 saturated carbocycles. The molecule has 2 aliphatic heterocycles. The fraction of sp³-hybridized carbons (Fsp3) is 0.368. The van der Waals surface area contributed by atoms with Crippen LogP contribution in [0.3, 0.4) is 0 Å². The number of ether oxygens (including phenoxy) is 1. The number of hydrogen-bond donors (Lipinski definition) is 0. The van der Waals surface area contributed by atoms with Gasteiger partial charge >= 0.3 is 0 Å². The lowest BCUT2D eigenvalue weighted by atomic mass is 10.1. The number of benzene rings is 1. The van der Waals surface area contributed by atoms with E-state index in [0.717, 1.165) is 39.1 Å². The van der Waals surface area contributed by atoms with Crippen molar-refractivity contribution in [1.82, 2.24) is 9.47 Å². The van der Waals surface area contributed by atoms with Crippen molar-refractivity contribution >= 4 is 11.8 Å². The quantitative estimate of drug-likeness (QED) is 0.853. The van der Waals surface area contributed by atoms with Crippen LogP contribution in [0, 0.1) is 0 Å². The van der Waals surface area contributed by atoms with Gasteiger partial charge in [0.1, 0.15) is 0 Å². The SMILES string of the molecule is C1=C(Cc2cccc(-n3cccc3)c2)SC(N2CCOCC2)C1. The number of thioether (sulfide) groups is 1. The van der Waals surface area contributed by atoms with Crippen molar-refractivity contribution in [3.63, 3.8) is 0 Å². The first-order chi connectivity index (χ1) is 11.4. The summed E-state index contributed by atoms with van der Waals surface area (Å²) in [6.45, 7) is 3.90. The molecule has 2 aliphatic rings. The molecule has 1 unspecified atom stereocenters. The minimum atomic E-state index is 0.613. The van der Waals surface area contributed by atoms with E-state index in [2.05, 4.69) is 64.3 Å². The number of aromatic nitrogens is 1. The van der Waals surface area contributed by atoms with Crippen LogP contribution in [0.4, 0.5) is 0 Å². The number of rotatable bonds is 4. The Morgan fingerprint density at radius 1 is 1.09 bits per heavy atom. The Balaban J connectivity index is 1.40. The van der Waals surface area contributed by atoms with Crippen LogP contribution in [-0.2, 0) is 11.2 Å². The van der Waals surface area contributed by atoms with Gasteiger partial charge in [-0.1, -0.05) is 18.2 Å². The van der Waals surface area contributed by atoms with E-state index in [1.165, 1.54) is 16.2 Å². The molecule has 3 nitrogen and oxygen atoms in total. The molecule has 0 bridgehead atoms. The van der Waals surface area contributed by atoms with E-state index in [1.807, 2.05) is 11.8 Å². The van der Waals surface area contributed by atoms with Crippen LogP contribution >= 0.6 is 11.8 Å². The van der Waals surface area contributed by atoms with Gasteiger partial charge in [-0.3, -0.25) is 4.90 Å². The van der Waals surface area contributed by atoms with E-state index in [9.17, 15) is 0 Å². The van der Waals surface area contributed by atoms with Crippen LogP contribution in [0.25, 0.3) is 5.69 Å². The molecule has 2 aromatic rings. The number of morpholine rings is 1. The second-order valence-electron chi connectivity index (χ2n) is 6.06. The Bertz CT molecular complexity index is 674. The molecule has 0 N–H and O–H groups in total. The molecular weight excluding hydrogens is 304 g/mol. The van der Waals surface area contributed by atoms with E-state index in [4.69, 9.17) is 4.74 Å². The summed E-state index contributed by atoms with van der Waals surface area (Å²) >= 11 is 2.04. The lowest BCUT2D eigenvalue weighted by Crippen LogP contribution is -2.41. The maximum atomic E-state index is 5.46.